The molecule has 0 fully saturated rings. The highest BCUT2D eigenvalue weighted by atomic mass is 32.2. The van der Waals surface area contributed by atoms with Gasteiger partial charge in [0.25, 0.3) is 0 Å². The van der Waals surface area contributed by atoms with Crippen molar-refractivity contribution < 1.29 is 0 Å². The Hall–Kier alpha value is -0.365. The van der Waals surface area contributed by atoms with Gasteiger partial charge in [0.1, 0.15) is 7.85 Å². The van der Waals surface area contributed by atoms with Gasteiger partial charge >= 0.3 is 0 Å². The van der Waals surface area contributed by atoms with Crippen LogP contribution in [0.4, 0.5) is 0 Å². The van der Waals surface area contributed by atoms with E-state index in [1.165, 1.54) is 10.4 Å². The Labute approximate surface area is 80.2 Å². The summed E-state index contributed by atoms with van der Waals surface area (Å²) in [6.07, 6.45) is 0. The summed E-state index contributed by atoms with van der Waals surface area (Å²) < 4.78 is 0.315. The van der Waals surface area contributed by atoms with Gasteiger partial charge in [0.05, 0.1) is 0 Å². The largest absolute Gasteiger partial charge is 0.139 e. The number of benzene rings is 1. The molecule has 1 rings (SSSR count). The fraction of sp³-hybridized carbons (Fsp3) is 0.400. The van der Waals surface area contributed by atoms with E-state index in [0.717, 1.165) is 0 Å². The number of hydrogen-bond acceptors (Lipinski definition) is 1. The van der Waals surface area contributed by atoms with Crippen LogP contribution in [0.5, 0.6) is 0 Å². The SMILES string of the molecule is Bc1ccc(SC(C)(C)C)cc1. The van der Waals surface area contributed by atoms with E-state index < -0.39 is 0 Å². The van der Waals surface area contributed by atoms with Crippen LogP contribution in [0.25, 0.3) is 0 Å². The molecule has 1 aromatic rings. The first kappa shape index (κ1) is 9.72. The Balaban J connectivity index is 2.71. The summed E-state index contributed by atoms with van der Waals surface area (Å²) in [4.78, 5) is 1.35. The lowest BCUT2D eigenvalue weighted by molar-refractivity contribution is 0.803. The summed E-state index contributed by atoms with van der Waals surface area (Å²) in [6, 6.07) is 8.69. The van der Waals surface area contributed by atoms with Crippen molar-refractivity contribution in [1.29, 1.82) is 0 Å². The molecule has 0 spiro atoms. The van der Waals surface area contributed by atoms with E-state index in [4.69, 9.17) is 0 Å². The van der Waals surface area contributed by atoms with Gasteiger partial charge in [-0.25, -0.2) is 0 Å². The minimum absolute atomic E-state index is 0.315. The van der Waals surface area contributed by atoms with Crippen LogP contribution in [0.3, 0.4) is 0 Å². The molecule has 0 saturated heterocycles. The van der Waals surface area contributed by atoms with Crippen LogP contribution in [0, 0.1) is 0 Å². The van der Waals surface area contributed by atoms with Crippen molar-refractivity contribution in [1.82, 2.24) is 0 Å². The van der Waals surface area contributed by atoms with E-state index in [2.05, 4.69) is 52.9 Å². The maximum Gasteiger partial charge on any atom is 0.139 e. The zero-order valence-electron chi connectivity index (χ0n) is 8.22. The topological polar surface area (TPSA) is 0 Å². The van der Waals surface area contributed by atoms with Crippen molar-refractivity contribution in [2.45, 2.75) is 30.4 Å². The molecule has 0 amide bonds. The zero-order valence-corrected chi connectivity index (χ0v) is 9.03. The smallest absolute Gasteiger partial charge is 0.120 e. The minimum Gasteiger partial charge on any atom is -0.120 e. The second-order valence-corrected chi connectivity index (χ2v) is 5.93. The van der Waals surface area contributed by atoms with E-state index in [1.54, 1.807) is 0 Å². The second kappa shape index (κ2) is 3.57. The molecule has 2 heteroatoms. The van der Waals surface area contributed by atoms with Crippen LogP contribution >= 0.6 is 11.8 Å². The molecule has 0 aliphatic heterocycles. The summed E-state index contributed by atoms with van der Waals surface area (Å²) in [5.41, 5.74) is 1.33. The van der Waals surface area contributed by atoms with E-state index in [1.807, 2.05) is 11.8 Å². The standard InChI is InChI=1S/C10H15BS/c1-10(2,3)12-9-6-4-8(11)5-7-9/h4-7H,11H2,1-3H3. The first-order chi connectivity index (χ1) is 5.47. The van der Waals surface area contributed by atoms with Gasteiger partial charge in [-0.15, -0.1) is 11.8 Å². The van der Waals surface area contributed by atoms with Gasteiger partial charge in [-0.3, -0.25) is 0 Å². The minimum atomic E-state index is 0.315. The lowest BCUT2D eigenvalue weighted by Crippen LogP contribution is -2.07. The Morgan fingerprint density at radius 1 is 1.08 bits per heavy atom. The summed E-state index contributed by atoms with van der Waals surface area (Å²) >= 11 is 1.91. The lowest BCUT2D eigenvalue weighted by atomic mass is 9.97. The Kier molecular flexibility index (Phi) is 2.89. The molecule has 0 atom stereocenters. The van der Waals surface area contributed by atoms with Crippen molar-refractivity contribution >= 4 is 25.1 Å². The Bertz CT molecular complexity index is 246. The van der Waals surface area contributed by atoms with Crippen LogP contribution in [0.2, 0.25) is 0 Å². The van der Waals surface area contributed by atoms with Crippen molar-refractivity contribution in [2.75, 3.05) is 0 Å². The third-order valence-electron chi connectivity index (χ3n) is 1.45. The molecular weight excluding hydrogens is 163 g/mol. The van der Waals surface area contributed by atoms with Crippen LogP contribution in [0.15, 0.2) is 29.2 Å². The van der Waals surface area contributed by atoms with Crippen LogP contribution < -0.4 is 5.46 Å². The summed E-state index contributed by atoms with van der Waals surface area (Å²) in [5.74, 6) is 0. The normalized spacial score (nSPS) is 11.6. The van der Waals surface area contributed by atoms with Crippen LogP contribution in [0.1, 0.15) is 20.8 Å². The van der Waals surface area contributed by atoms with Crippen molar-refractivity contribution in [3.63, 3.8) is 0 Å². The monoisotopic (exact) mass is 178 g/mol. The molecule has 0 radical (unpaired) electrons. The highest BCUT2D eigenvalue weighted by Crippen LogP contribution is 2.30. The molecular formula is C10H15BS. The lowest BCUT2D eigenvalue weighted by Gasteiger charge is -2.17. The third-order valence-corrected chi connectivity index (χ3v) is 2.57. The molecule has 1 aromatic carbocycles. The number of thioether (sulfide) groups is 1. The fourth-order valence-electron chi connectivity index (χ4n) is 0.960. The van der Waals surface area contributed by atoms with Gasteiger partial charge in [-0.05, 0) is 12.1 Å². The van der Waals surface area contributed by atoms with Gasteiger partial charge in [0.15, 0.2) is 0 Å². The maximum absolute atomic E-state index is 2.23. The van der Waals surface area contributed by atoms with Gasteiger partial charge < -0.3 is 0 Å². The molecule has 0 N–H and O–H groups in total. The quantitative estimate of drug-likeness (QED) is 0.467. The Morgan fingerprint density at radius 2 is 1.58 bits per heavy atom. The van der Waals surface area contributed by atoms with E-state index in [9.17, 15) is 0 Å². The molecule has 12 heavy (non-hydrogen) atoms. The second-order valence-electron chi connectivity index (χ2n) is 4.03. The highest BCUT2D eigenvalue weighted by Gasteiger charge is 2.10. The average Bonchev–Trinajstić information content (AvgIpc) is 1.91. The molecule has 0 saturated carbocycles. The van der Waals surface area contributed by atoms with E-state index in [-0.39, 0.29) is 0 Å². The predicted molar refractivity (Wildman–Crippen MR) is 60.2 cm³/mol. The number of hydrogen-bond donors (Lipinski definition) is 0. The van der Waals surface area contributed by atoms with Crippen molar-refractivity contribution in [3.05, 3.63) is 24.3 Å². The van der Waals surface area contributed by atoms with E-state index >= 15 is 0 Å². The molecule has 0 aliphatic rings. The zero-order chi connectivity index (χ0) is 9.19. The van der Waals surface area contributed by atoms with Gasteiger partial charge in [0, 0.05) is 9.64 Å². The first-order valence-corrected chi connectivity index (χ1v) is 5.05. The van der Waals surface area contributed by atoms with Crippen molar-refractivity contribution in [2.24, 2.45) is 0 Å². The molecule has 0 bridgehead atoms. The molecule has 0 unspecified atom stereocenters. The van der Waals surface area contributed by atoms with Crippen LogP contribution in [-0.2, 0) is 0 Å². The average molecular weight is 178 g/mol. The Morgan fingerprint density at radius 3 is 2.00 bits per heavy atom. The summed E-state index contributed by atoms with van der Waals surface area (Å²) in [7, 11) is 2.12. The fourth-order valence-corrected chi connectivity index (χ4v) is 1.94. The number of rotatable bonds is 1. The molecule has 0 heterocycles. The van der Waals surface area contributed by atoms with E-state index in [0.29, 0.717) is 4.75 Å². The molecule has 64 valence electrons. The van der Waals surface area contributed by atoms with Crippen molar-refractivity contribution in [3.8, 4) is 0 Å². The highest BCUT2D eigenvalue weighted by molar-refractivity contribution is 8.00. The maximum atomic E-state index is 2.23. The first-order valence-electron chi connectivity index (χ1n) is 4.23. The van der Waals surface area contributed by atoms with Gasteiger partial charge in [0.2, 0.25) is 0 Å². The van der Waals surface area contributed by atoms with Gasteiger partial charge in [-0.1, -0.05) is 38.4 Å². The summed E-state index contributed by atoms with van der Waals surface area (Å²) in [6.45, 7) is 6.70. The molecule has 0 nitrogen and oxygen atoms in total. The van der Waals surface area contributed by atoms with Crippen LogP contribution in [-0.4, -0.2) is 12.6 Å². The summed E-state index contributed by atoms with van der Waals surface area (Å²) in [5, 5.41) is 0. The van der Waals surface area contributed by atoms with Gasteiger partial charge in [-0.2, -0.15) is 0 Å². The molecule has 0 aliphatic carbocycles. The predicted octanol–water partition coefficient (Wildman–Crippen LogP) is 1.84. The third kappa shape index (κ3) is 3.35. The molecule has 0 aromatic heterocycles.